The van der Waals surface area contributed by atoms with Gasteiger partial charge in [-0.2, -0.15) is 0 Å². The van der Waals surface area contributed by atoms with Gasteiger partial charge in [0.15, 0.2) is 5.69 Å². The summed E-state index contributed by atoms with van der Waals surface area (Å²) in [6.07, 6.45) is 4.97. The summed E-state index contributed by atoms with van der Waals surface area (Å²) in [7, 11) is 0. The lowest BCUT2D eigenvalue weighted by atomic mass is 9.86. The van der Waals surface area contributed by atoms with E-state index < -0.39 is 0 Å². The molecule has 2 heterocycles. The van der Waals surface area contributed by atoms with Gasteiger partial charge in [-0.15, -0.1) is 0 Å². The van der Waals surface area contributed by atoms with Crippen molar-refractivity contribution in [1.29, 1.82) is 0 Å². The minimum Gasteiger partial charge on any atom is -0.505 e. The van der Waals surface area contributed by atoms with Gasteiger partial charge in [0.2, 0.25) is 0 Å². The van der Waals surface area contributed by atoms with Gasteiger partial charge in [-0.3, -0.25) is 4.79 Å². The molecule has 1 atom stereocenters. The summed E-state index contributed by atoms with van der Waals surface area (Å²) in [6, 6.07) is 3.13. The number of carbonyl (C=O) groups excluding carboxylic acids is 1. The molecule has 1 aromatic rings. The first kappa shape index (κ1) is 14.8. The Labute approximate surface area is 119 Å². The van der Waals surface area contributed by atoms with Gasteiger partial charge in [0.1, 0.15) is 5.75 Å². The number of pyridine rings is 1. The molecule has 0 spiro atoms. The van der Waals surface area contributed by atoms with Crippen molar-refractivity contribution < 1.29 is 14.6 Å². The van der Waals surface area contributed by atoms with E-state index in [1.807, 2.05) is 0 Å². The van der Waals surface area contributed by atoms with Crippen molar-refractivity contribution in [3.05, 3.63) is 24.0 Å². The van der Waals surface area contributed by atoms with E-state index >= 15 is 0 Å². The third-order valence-electron chi connectivity index (χ3n) is 4.12. The molecule has 0 bridgehead atoms. The zero-order chi connectivity index (χ0) is 14.6. The number of nitrogens with zero attached hydrogens (tertiary/aromatic N) is 1. The molecule has 110 valence electrons. The lowest BCUT2D eigenvalue weighted by Crippen LogP contribution is -2.48. The molecule has 1 unspecified atom stereocenters. The Balaban J connectivity index is 2.03. The van der Waals surface area contributed by atoms with E-state index in [-0.39, 0.29) is 29.0 Å². The van der Waals surface area contributed by atoms with Crippen LogP contribution in [0.5, 0.6) is 5.75 Å². The lowest BCUT2D eigenvalue weighted by molar-refractivity contribution is -0.0918. The van der Waals surface area contributed by atoms with E-state index in [2.05, 4.69) is 24.1 Å². The van der Waals surface area contributed by atoms with Crippen LogP contribution >= 0.6 is 0 Å². The molecule has 1 aliphatic heterocycles. The van der Waals surface area contributed by atoms with Crippen LogP contribution in [0, 0.1) is 0 Å². The van der Waals surface area contributed by atoms with Crippen LogP contribution in [0.15, 0.2) is 18.3 Å². The van der Waals surface area contributed by atoms with E-state index in [9.17, 15) is 9.90 Å². The second-order valence-electron chi connectivity index (χ2n) is 5.27. The molecule has 20 heavy (non-hydrogen) atoms. The molecule has 0 aromatic carbocycles. The van der Waals surface area contributed by atoms with Crippen LogP contribution in [0.4, 0.5) is 0 Å². The third-order valence-corrected chi connectivity index (χ3v) is 4.12. The fourth-order valence-electron chi connectivity index (χ4n) is 2.72. The highest BCUT2D eigenvalue weighted by molar-refractivity contribution is 5.94. The molecule has 0 aliphatic carbocycles. The summed E-state index contributed by atoms with van der Waals surface area (Å²) in [4.78, 5) is 16.1. The van der Waals surface area contributed by atoms with Gasteiger partial charge in [-0.05, 0) is 37.8 Å². The third kappa shape index (κ3) is 3.10. The Bertz CT molecular complexity index is 472. The Kier molecular flexibility index (Phi) is 4.60. The number of amides is 1. The van der Waals surface area contributed by atoms with Crippen molar-refractivity contribution in [1.82, 2.24) is 10.3 Å². The molecule has 1 aromatic heterocycles. The van der Waals surface area contributed by atoms with Gasteiger partial charge < -0.3 is 15.2 Å². The molecule has 1 fully saturated rings. The Morgan fingerprint density at radius 1 is 1.55 bits per heavy atom. The fourth-order valence-corrected chi connectivity index (χ4v) is 2.72. The molecular formula is C15H22N2O3. The summed E-state index contributed by atoms with van der Waals surface area (Å²) in [5.41, 5.74) is -0.0554. The minimum atomic E-state index is -0.323. The summed E-state index contributed by atoms with van der Waals surface area (Å²) in [5, 5.41) is 12.6. The van der Waals surface area contributed by atoms with Crippen LogP contribution in [-0.4, -0.2) is 34.2 Å². The average molecular weight is 278 g/mol. The van der Waals surface area contributed by atoms with Crippen molar-refractivity contribution in [3.8, 4) is 5.75 Å². The van der Waals surface area contributed by atoms with Crippen molar-refractivity contribution in [2.75, 3.05) is 6.61 Å². The largest absolute Gasteiger partial charge is 0.505 e. The highest BCUT2D eigenvalue weighted by Crippen LogP contribution is 2.31. The zero-order valence-electron chi connectivity index (χ0n) is 12.1. The molecule has 0 radical (unpaired) electrons. The Morgan fingerprint density at radius 2 is 2.30 bits per heavy atom. The van der Waals surface area contributed by atoms with Crippen molar-refractivity contribution >= 4 is 5.91 Å². The topological polar surface area (TPSA) is 71.5 Å². The predicted molar refractivity (Wildman–Crippen MR) is 75.7 cm³/mol. The Morgan fingerprint density at radius 3 is 2.95 bits per heavy atom. The monoisotopic (exact) mass is 278 g/mol. The van der Waals surface area contributed by atoms with Gasteiger partial charge >= 0.3 is 0 Å². The molecule has 1 saturated heterocycles. The van der Waals surface area contributed by atoms with Crippen molar-refractivity contribution in [3.63, 3.8) is 0 Å². The summed E-state index contributed by atoms with van der Waals surface area (Å²) >= 11 is 0. The molecular weight excluding hydrogens is 256 g/mol. The predicted octanol–water partition coefficient (Wildman–Crippen LogP) is 2.25. The van der Waals surface area contributed by atoms with Crippen LogP contribution in [-0.2, 0) is 4.74 Å². The molecule has 1 aliphatic rings. The van der Waals surface area contributed by atoms with Gasteiger partial charge in [-0.1, -0.05) is 13.8 Å². The van der Waals surface area contributed by atoms with Gasteiger partial charge in [0.25, 0.3) is 5.91 Å². The number of ether oxygens (including phenoxy) is 1. The first-order valence-corrected chi connectivity index (χ1v) is 7.19. The molecule has 2 N–H and O–H groups in total. The van der Waals surface area contributed by atoms with E-state index in [0.717, 1.165) is 25.7 Å². The van der Waals surface area contributed by atoms with Gasteiger partial charge in [0.05, 0.1) is 5.60 Å². The highest BCUT2D eigenvalue weighted by Gasteiger charge is 2.35. The van der Waals surface area contributed by atoms with Crippen LogP contribution < -0.4 is 5.32 Å². The molecule has 2 rings (SSSR count). The van der Waals surface area contributed by atoms with Crippen molar-refractivity contribution in [2.45, 2.75) is 51.2 Å². The number of rotatable bonds is 4. The number of aromatic nitrogens is 1. The van der Waals surface area contributed by atoms with E-state index in [0.29, 0.717) is 6.61 Å². The van der Waals surface area contributed by atoms with Crippen LogP contribution in [0.3, 0.4) is 0 Å². The second-order valence-corrected chi connectivity index (χ2v) is 5.27. The molecule has 5 nitrogen and oxygen atoms in total. The summed E-state index contributed by atoms with van der Waals surface area (Å²) < 4.78 is 5.89. The average Bonchev–Trinajstić information content (AvgIpc) is 2.47. The van der Waals surface area contributed by atoms with Crippen molar-refractivity contribution in [2.24, 2.45) is 0 Å². The summed E-state index contributed by atoms with van der Waals surface area (Å²) in [5.74, 6) is -0.412. The minimum absolute atomic E-state index is 0.0672. The first-order chi connectivity index (χ1) is 9.60. The van der Waals surface area contributed by atoms with E-state index in [1.165, 1.54) is 12.3 Å². The van der Waals surface area contributed by atoms with E-state index in [4.69, 9.17) is 4.74 Å². The molecule has 5 heteroatoms. The maximum atomic E-state index is 12.1. The SMILES string of the molecule is CCC1(CC)CC(NC(=O)c2ncccc2O)CCO1. The molecule has 0 saturated carbocycles. The fraction of sp³-hybridized carbons (Fsp3) is 0.600. The van der Waals surface area contributed by atoms with Crippen LogP contribution in [0.25, 0.3) is 0 Å². The maximum Gasteiger partial charge on any atom is 0.273 e. The normalized spacial score (nSPS) is 21.4. The van der Waals surface area contributed by atoms with Crippen LogP contribution in [0.1, 0.15) is 50.0 Å². The lowest BCUT2D eigenvalue weighted by Gasteiger charge is -2.40. The number of aromatic hydroxyl groups is 1. The highest BCUT2D eigenvalue weighted by atomic mass is 16.5. The van der Waals surface area contributed by atoms with Gasteiger partial charge in [0, 0.05) is 18.8 Å². The number of hydrogen-bond acceptors (Lipinski definition) is 4. The van der Waals surface area contributed by atoms with Gasteiger partial charge in [-0.25, -0.2) is 4.98 Å². The van der Waals surface area contributed by atoms with Crippen LogP contribution in [0.2, 0.25) is 0 Å². The first-order valence-electron chi connectivity index (χ1n) is 7.19. The number of nitrogens with one attached hydrogen (secondary N) is 1. The number of carbonyl (C=O) groups is 1. The number of hydrogen-bond donors (Lipinski definition) is 2. The molecule has 1 amide bonds. The summed E-state index contributed by atoms with van der Waals surface area (Å²) in [6.45, 7) is 4.87. The zero-order valence-corrected chi connectivity index (χ0v) is 12.1. The second kappa shape index (κ2) is 6.22. The Hall–Kier alpha value is -1.62. The smallest absolute Gasteiger partial charge is 0.273 e. The quantitative estimate of drug-likeness (QED) is 0.886. The maximum absolute atomic E-state index is 12.1. The standard InChI is InChI=1S/C15H22N2O3/c1-3-15(4-2)10-11(7-9-20-15)17-14(19)13-12(18)6-5-8-16-13/h5-6,8,11,18H,3-4,7,9-10H2,1-2H3,(H,17,19). The van der Waals surface area contributed by atoms with E-state index in [1.54, 1.807) is 6.07 Å².